The summed E-state index contributed by atoms with van der Waals surface area (Å²) in [7, 11) is 0. The van der Waals surface area contributed by atoms with E-state index in [1.807, 2.05) is 71.7 Å². The standard InChI is InChI=1S/C25H24N4O3S2/c1-2-32-24(31)17-10-12-28(13-11-17)25-26-23(30)21(34-25)15-18-16-29(19-7-4-3-5-8-19)27-22(18)20-9-6-14-33-20/h3-9,14-17H,2,10-13H2,1H3/b21-15-. The Bertz CT molecular complexity index is 1240. The van der Waals surface area contributed by atoms with Crippen molar-refractivity contribution >= 4 is 46.2 Å². The molecule has 174 valence electrons. The Morgan fingerprint density at radius 3 is 2.68 bits per heavy atom. The van der Waals surface area contributed by atoms with E-state index in [9.17, 15) is 9.59 Å². The molecule has 0 N–H and O–H groups in total. The maximum absolute atomic E-state index is 12.8. The van der Waals surface area contributed by atoms with E-state index in [1.165, 1.54) is 11.8 Å². The van der Waals surface area contributed by atoms with Crippen LogP contribution in [0, 0.1) is 5.92 Å². The lowest BCUT2D eigenvalue weighted by Gasteiger charge is -2.31. The molecule has 5 rings (SSSR count). The van der Waals surface area contributed by atoms with Crippen LogP contribution in [0.2, 0.25) is 0 Å². The third-order valence-corrected chi connectivity index (χ3v) is 7.72. The van der Waals surface area contributed by atoms with Crippen LogP contribution in [0.3, 0.4) is 0 Å². The monoisotopic (exact) mass is 492 g/mol. The normalized spacial score (nSPS) is 17.9. The van der Waals surface area contributed by atoms with Gasteiger partial charge in [0.05, 0.1) is 28.0 Å². The Morgan fingerprint density at radius 1 is 1.18 bits per heavy atom. The van der Waals surface area contributed by atoms with Gasteiger partial charge in [-0.3, -0.25) is 9.59 Å². The number of thioether (sulfide) groups is 1. The minimum atomic E-state index is -0.239. The number of aliphatic imine (C=N–C) groups is 1. The second-order valence-electron chi connectivity index (χ2n) is 8.01. The number of hydrogen-bond donors (Lipinski definition) is 0. The number of ether oxygens (including phenoxy) is 1. The number of piperidine rings is 1. The lowest BCUT2D eigenvalue weighted by molar-refractivity contribution is -0.149. The van der Waals surface area contributed by atoms with Crippen molar-refractivity contribution in [1.29, 1.82) is 0 Å². The van der Waals surface area contributed by atoms with E-state index >= 15 is 0 Å². The maximum Gasteiger partial charge on any atom is 0.309 e. The molecule has 1 saturated heterocycles. The molecule has 0 spiro atoms. The molecule has 7 nitrogen and oxygen atoms in total. The third-order valence-electron chi connectivity index (χ3n) is 5.80. The number of rotatable bonds is 5. The molecule has 0 unspecified atom stereocenters. The SMILES string of the molecule is CCOC(=O)C1CCN(C2=NC(=O)/C(=C/c3cn(-c4ccccc4)nc3-c3cccs3)S2)CC1. The van der Waals surface area contributed by atoms with Crippen LogP contribution >= 0.6 is 23.1 Å². The molecule has 1 amide bonds. The van der Waals surface area contributed by atoms with E-state index in [4.69, 9.17) is 9.84 Å². The highest BCUT2D eigenvalue weighted by Crippen LogP contribution is 2.35. The number of carbonyl (C=O) groups is 2. The predicted octanol–water partition coefficient (Wildman–Crippen LogP) is 4.85. The summed E-state index contributed by atoms with van der Waals surface area (Å²) in [4.78, 5) is 32.8. The van der Waals surface area contributed by atoms with Crippen LogP contribution < -0.4 is 0 Å². The van der Waals surface area contributed by atoms with Gasteiger partial charge in [0.25, 0.3) is 5.91 Å². The molecule has 0 saturated carbocycles. The summed E-state index contributed by atoms with van der Waals surface area (Å²) >= 11 is 3.00. The zero-order valence-electron chi connectivity index (χ0n) is 18.7. The van der Waals surface area contributed by atoms with Crippen molar-refractivity contribution in [3.05, 3.63) is 64.5 Å². The Hall–Kier alpha value is -3.17. The van der Waals surface area contributed by atoms with E-state index in [-0.39, 0.29) is 17.8 Å². The van der Waals surface area contributed by atoms with Gasteiger partial charge < -0.3 is 9.64 Å². The molecule has 0 bridgehead atoms. The molecule has 2 aliphatic rings. The molecule has 2 aliphatic heterocycles. The predicted molar refractivity (Wildman–Crippen MR) is 136 cm³/mol. The van der Waals surface area contributed by atoms with E-state index in [0.717, 1.165) is 21.8 Å². The van der Waals surface area contributed by atoms with Gasteiger partial charge in [0.1, 0.15) is 5.69 Å². The number of likely N-dealkylation sites (tertiary alicyclic amines) is 1. The van der Waals surface area contributed by atoms with Crippen molar-refractivity contribution in [2.45, 2.75) is 19.8 Å². The van der Waals surface area contributed by atoms with Crippen LogP contribution in [0.15, 0.2) is 63.9 Å². The summed E-state index contributed by atoms with van der Waals surface area (Å²) in [6.45, 7) is 3.59. The lowest BCUT2D eigenvalue weighted by Crippen LogP contribution is -2.39. The highest BCUT2D eigenvalue weighted by atomic mass is 32.2. The van der Waals surface area contributed by atoms with Gasteiger partial charge in [-0.05, 0) is 61.2 Å². The first kappa shape index (κ1) is 22.6. The summed E-state index contributed by atoms with van der Waals surface area (Å²) < 4.78 is 7.00. The molecule has 2 aromatic heterocycles. The molecule has 0 radical (unpaired) electrons. The molecular weight excluding hydrogens is 468 g/mol. The van der Waals surface area contributed by atoms with Gasteiger partial charge >= 0.3 is 5.97 Å². The molecule has 1 aromatic carbocycles. The second kappa shape index (κ2) is 9.99. The number of hydrogen-bond acceptors (Lipinski definition) is 7. The van der Waals surface area contributed by atoms with Crippen LogP contribution in [0.5, 0.6) is 0 Å². The van der Waals surface area contributed by atoms with Crippen LogP contribution in [-0.2, 0) is 14.3 Å². The fraction of sp³-hybridized carbons (Fsp3) is 0.280. The van der Waals surface area contributed by atoms with Gasteiger partial charge in [-0.1, -0.05) is 24.3 Å². The molecule has 34 heavy (non-hydrogen) atoms. The largest absolute Gasteiger partial charge is 0.466 e. The second-order valence-corrected chi connectivity index (χ2v) is 9.97. The first-order valence-electron chi connectivity index (χ1n) is 11.3. The Morgan fingerprint density at radius 2 is 1.97 bits per heavy atom. The lowest BCUT2D eigenvalue weighted by atomic mass is 9.97. The quantitative estimate of drug-likeness (QED) is 0.375. The van der Waals surface area contributed by atoms with Crippen LogP contribution in [0.4, 0.5) is 0 Å². The number of thiophene rings is 1. The number of amides is 1. The van der Waals surface area contributed by atoms with Crippen molar-refractivity contribution in [1.82, 2.24) is 14.7 Å². The summed E-state index contributed by atoms with van der Waals surface area (Å²) in [5.74, 6) is -0.445. The molecular formula is C25H24N4O3S2. The highest BCUT2D eigenvalue weighted by Gasteiger charge is 2.32. The zero-order valence-corrected chi connectivity index (χ0v) is 20.3. The van der Waals surface area contributed by atoms with Crippen LogP contribution in [0.1, 0.15) is 25.3 Å². The molecule has 0 atom stereocenters. The van der Waals surface area contributed by atoms with Crippen molar-refractivity contribution in [2.24, 2.45) is 10.9 Å². The molecule has 9 heteroatoms. The first-order valence-corrected chi connectivity index (χ1v) is 12.9. The zero-order chi connectivity index (χ0) is 23.5. The van der Waals surface area contributed by atoms with Crippen molar-refractivity contribution in [2.75, 3.05) is 19.7 Å². The minimum absolute atomic E-state index is 0.0777. The van der Waals surface area contributed by atoms with E-state index in [1.54, 1.807) is 11.3 Å². The third kappa shape index (κ3) is 4.71. The van der Waals surface area contributed by atoms with Crippen LogP contribution in [0.25, 0.3) is 22.3 Å². The smallest absolute Gasteiger partial charge is 0.309 e. The molecule has 0 aliphatic carbocycles. The maximum atomic E-state index is 12.8. The van der Waals surface area contributed by atoms with E-state index < -0.39 is 0 Å². The summed E-state index contributed by atoms with van der Waals surface area (Å²) in [6, 6.07) is 13.9. The van der Waals surface area contributed by atoms with Gasteiger partial charge in [0, 0.05) is 24.8 Å². The number of esters is 1. The van der Waals surface area contributed by atoms with E-state index in [2.05, 4.69) is 9.89 Å². The number of para-hydroxylation sites is 1. The summed E-state index contributed by atoms with van der Waals surface area (Å²) in [5, 5.41) is 7.53. The summed E-state index contributed by atoms with van der Waals surface area (Å²) in [5.41, 5.74) is 2.67. The first-order chi connectivity index (χ1) is 16.6. The Labute approximate surface area is 206 Å². The number of benzene rings is 1. The van der Waals surface area contributed by atoms with Crippen LogP contribution in [-0.4, -0.2) is 51.4 Å². The van der Waals surface area contributed by atoms with Gasteiger partial charge in [-0.2, -0.15) is 10.1 Å². The number of carbonyl (C=O) groups excluding carboxylic acids is 2. The average Bonchev–Trinajstić information content (AvgIpc) is 3.61. The highest BCUT2D eigenvalue weighted by molar-refractivity contribution is 8.18. The van der Waals surface area contributed by atoms with Gasteiger partial charge in [-0.25, -0.2) is 4.68 Å². The fourth-order valence-corrected chi connectivity index (χ4v) is 5.74. The fourth-order valence-electron chi connectivity index (χ4n) is 4.05. The van der Waals surface area contributed by atoms with Gasteiger partial charge in [-0.15, -0.1) is 11.3 Å². The number of aromatic nitrogens is 2. The minimum Gasteiger partial charge on any atom is -0.466 e. The number of nitrogens with zero attached hydrogens (tertiary/aromatic N) is 4. The average molecular weight is 493 g/mol. The van der Waals surface area contributed by atoms with Gasteiger partial charge in [0.2, 0.25) is 0 Å². The molecule has 1 fully saturated rings. The van der Waals surface area contributed by atoms with Crippen molar-refractivity contribution in [3.63, 3.8) is 0 Å². The molecule has 4 heterocycles. The van der Waals surface area contributed by atoms with Gasteiger partial charge in [0.15, 0.2) is 5.17 Å². The van der Waals surface area contributed by atoms with Crippen molar-refractivity contribution in [3.8, 4) is 16.3 Å². The Kier molecular flexibility index (Phi) is 6.64. The molecule has 3 aromatic rings. The Balaban J connectivity index is 1.35. The van der Waals surface area contributed by atoms with Crippen molar-refractivity contribution < 1.29 is 14.3 Å². The number of amidine groups is 1. The van der Waals surface area contributed by atoms with E-state index in [0.29, 0.717) is 42.6 Å². The topological polar surface area (TPSA) is 76.8 Å². The summed E-state index contributed by atoms with van der Waals surface area (Å²) in [6.07, 6.45) is 5.25.